The molecule has 1 amide bonds. The van der Waals surface area contributed by atoms with Crippen LogP contribution in [0.2, 0.25) is 0 Å². The van der Waals surface area contributed by atoms with Crippen LogP contribution in [0.15, 0.2) is 34.9 Å². The zero-order valence-corrected chi connectivity index (χ0v) is 10.5. The molecule has 0 radical (unpaired) electrons. The first-order valence-corrected chi connectivity index (χ1v) is 5.94. The predicted molar refractivity (Wildman–Crippen MR) is 67.2 cm³/mol. The first-order chi connectivity index (χ1) is 9.42. The molecule has 0 aliphatic rings. The highest BCUT2D eigenvalue weighted by Crippen LogP contribution is 2.24. The monoisotopic (exact) mass is 286 g/mol. The summed E-state index contributed by atoms with van der Waals surface area (Å²) in [7, 11) is 0. The maximum Gasteiger partial charge on any atom is 0.406 e. The molecule has 108 valence electrons. The van der Waals surface area contributed by atoms with Crippen molar-refractivity contribution in [2.45, 2.75) is 6.18 Å². The molecule has 1 heterocycles. The lowest BCUT2D eigenvalue weighted by Gasteiger charge is -2.22. The third-order valence-electron chi connectivity index (χ3n) is 2.77. The second-order valence-electron chi connectivity index (χ2n) is 4.28. The Morgan fingerprint density at radius 1 is 1.30 bits per heavy atom. The molecule has 0 fully saturated rings. The van der Waals surface area contributed by atoms with Crippen molar-refractivity contribution in [3.8, 4) is 0 Å². The van der Waals surface area contributed by atoms with Crippen LogP contribution >= 0.6 is 0 Å². The number of hydrogen-bond donors (Lipinski definition) is 1. The Balaban J connectivity index is 2.31. The number of amides is 1. The molecule has 2 aromatic rings. The van der Waals surface area contributed by atoms with Crippen molar-refractivity contribution in [2.24, 2.45) is 5.73 Å². The highest BCUT2D eigenvalue weighted by molar-refractivity contribution is 6.05. The molecule has 0 unspecified atom stereocenters. The third-order valence-corrected chi connectivity index (χ3v) is 2.77. The maximum atomic E-state index is 12.5. The van der Waals surface area contributed by atoms with Crippen molar-refractivity contribution < 1.29 is 22.4 Å². The van der Waals surface area contributed by atoms with Crippen LogP contribution in [-0.4, -0.2) is 36.6 Å². The summed E-state index contributed by atoms with van der Waals surface area (Å²) in [5.74, 6) is -0.738. The van der Waals surface area contributed by atoms with Crippen LogP contribution in [0, 0.1) is 0 Å². The molecule has 1 aromatic heterocycles. The van der Waals surface area contributed by atoms with Crippen LogP contribution in [0.25, 0.3) is 11.0 Å². The highest BCUT2D eigenvalue weighted by atomic mass is 19.4. The van der Waals surface area contributed by atoms with Gasteiger partial charge in [-0.3, -0.25) is 4.79 Å². The van der Waals surface area contributed by atoms with E-state index in [1.165, 1.54) is 6.26 Å². The van der Waals surface area contributed by atoms with Gasteiger partial charge in [-0.2, -0.15) is 13.2 Å². The van der Waals surface area contributed by atoms with Gasteiger partial charge in [-0.1, -0.05) is 18.2 Å². The first-order valence-electron chi connectivity index (χ1n) is 5.94. The van der Waals surface area contributed by atoms with E-state index < -0.39 is 18.6 Å². The molecule has 7 heteroatoms. The number of alkyl halides is 3. The average molecular weight is 286 g/mol. The van der Waals surface area contributed by atoms with E-state index in [9.17, 15) is 18.0 Å². The summed E-state index contributed by atoms with van der Waals surface area (Å²) >= 11 is 0. The van der Waals surface area contributed by atoms with Gasteiger partial charge in [0.15, 0.2) is 0 Å². The van der Waals surface area contributed by atoms with E-state index in [-0.39, 0.29) is 18.7 Å². The Morgan fingerprint density at radius 2 is 2.00 bits per heavy atom. The van der Waals surface area contributed by atoms with E-state index in [1.54, 1.807) is 24.3 Å². The molecular formula is C13H13F3N2O2. The van der Waals surface area contributed by atoms with Gasteiger partial charge in [-0.05, 0) is 6.07 Å². The number of fused-ring (bicyclic) bond motifs is 1. The van der Waals surface area contributed by atoms with Crippen molar-refractivity contribution in [2.75, 3.05) is 19.6 Å². The fraction of sp³-hybridized carbons (Fsp3) is 0.308. The van der Waals surface area contributed by atoms with Gasteiger partial charge in [0.1, 0.15) is 18.4 Å². The summed E-state index contributed by atoms with van der Waals surface area (Å²) in [6.45, 7) is -1.54. The first kappa shape index (κ1) is 14.4. The minimum Gasteiger partial charge on any atom is -0.463 e. The number of nitrogens with two attached hydrogens (primary N) is 1. The van der Waals surface area contributed by atoms with Crippen molar-refractivity contribution in [1.29, 1.82) is 0 Å². The van der Waals surface area contributed by atoms with Crippen molar-refractivity contribution >= 4 is 16.9 Å². The Morgan fingerprint density at radius 3 is 2.65 bits per heavy atom. The number of nitrogens with zero attached hydrogens (tertiary/aromatic N) is 1. The molecule has 2 N–H and O–H groups in total. The minimum atomic E-state index is -4.47. The Kier molecular flexibility index (Phi) is 3.99. The maximum absolute atomic E-state index is 12.5. The topological polar surface area (TPSA) is 59.5 Å². The number of furan rings is 1. The van der Waals surface area contributed by atoms with Crippen LogP contribution in [-0.2, 0) is 0 Å². The molecule has 0 atom stereocenters. The molecule has 20 heavy (non-hydrogen) atoms. The molecule has 2 rings (SSSR count). The lowest BCUT2D eigenvalue weighted by atomic mass is 10.1. The Bertz CT molecular complexity index is 607. The molecule has 0 saturated carbocycles. The van der Waals surface area contributed by atoms with Crippen LogP contribution in [0.1, 0.15) is 10.4 Å². The van der Waals surface area contributed by atoms with Crippen LogP contribution in [0.3, 0.4) is 0 Å². The summed E-state index contributed by atoms with van der Waals surface area (Å²) < 4.78 is 42.6. The van der Waals surface area contributed by atoms with Crippen molar-refractivity contribution in [3.05, 3.63) is 36.1 Å². The lowest BCUT2D eigenvalue weighted by Crippen LogP contribution is -2.41. The smallest absolute Gasteiger partial charge is 0.406 e. The van der Waals surface area contributed by atoms with Crippen LogP contribution in [0.5, 0.6) is 0 Å². The fourth-order valence-corrected chi connectivity index (χ4v) is 1.94. The molecule has 0 saturated heterocycles. The summed E-state index contributed by atoms with van der Waals surface area (Å²) in [5.41, 5.74) is 5.83. The molecule has 0 aliphatic carbocycles. The summed E-state index contributed by atoms with van der Waals surface area (Å²) in [5, 5.41) is 0.488. The number of benzene rings is 1. The SMILES string of the molecule is NCCN(CC(F)(F)F)C(=O)c1coc2ccccc12. The molecular weight excluding hydrogens is 273 g/mol. The summed E-state index contributed by atoms with van der Waals surface area (Å²) in [6, 6.07) is 6.67. The third kappa shape index (κ3) is 3.11. The minimum absolute atomic E-state index is 0.0440. The zero-order chi connectivity index (χ0) is 14.8. The standard InChI is InChI=1S/C13H13F3N2O2/c14-13(15,16)8-18(6-5-17)12(19)10-7-20-11-4-2-1-3-9(10)11/h1-4,7H,5-6,8,17H2. The number of halogens is 3. The van der Waals surface area contributed by atoms with Gasteiger partial charge in [0, 0.05) is 18.5 Å². The fourth-order valence-electron chi connectivity index (χ4n) is 1.94. The van der Waals surface area contributed by atoms with E-state index in [2.05, 4.69) is 0 Å². The van der Waals surface area contributed by atoms with Gasteiger partial charge >= 0.3 is 6.18 Å². The Hall–Kier alpha value is -2.02. The quantitative estimate of drug-likeness (QED) is 0.938. The lowest BCUT2D eigenvalue weighted by molar-refractivity contribution is -0.140. The van der Waals surface area contributed by atoms with E-state index in [1.807, 2.05) is 0 Å². The second kappa shape index (κ2) is 5.54. The number of carbonyl (C=O) groups is 1. The van der Waals surface area contributed by atoms with Gasteiger partial charge in [0.25, 0.3) is 5.91 Å². The van der Waals surface area contributed by atoms with Gasteiger partial charge in [-0.15, -0.1) is 0 Å². The normalized spacial score (nSPS) is 11.8. The zero-order valence-electron chi connectivity index (χ0n) is 10.5. The molecule has 1 aromatic carbocycles. The summed E-state index contributed by atoms with van der Waals surface area (Å²) in [6.07, 6.45) is -3.29. The Labute approximate surface area is 112 Å². The summed E-state index contributed by atoms with van der Waals surface area (Å²) in [4.78, 5) is 12.9. The van der Waals surface area contributed by atoms with E-state index in [0.29, 0.717) is 15.9 Å². The largest absolute Gasteiger partial charge is 0.463 e. The number of hydrogen-bond acceptors (Lipinski definition) is 3. The number of para-hydroxylation sites is 1. The van der Waals surface area contributed by atoms with Gasteiger partial charge in [0.05, 0.1) is 5.56 Å². The molecule has 0 bridgehead atoms. The van der Waals surface area contributed by atoms with Gasteiger partial charge in [0.2, 0.25) is 0 Å². The average Bonchev–Trinajstić information content (AvgIpc) is 2.79. The number of carbonyl (C=O) groups excluding carboxylic acids is 1. The van der Waals surface area contributed by atoms with E-state index in [0.717, 1.165) is 0 Å². The van der Waals surface area contributed by atoms with Gasteiger partial charge in [-0.25, -0.2) is 0 Å². The second-order valence-corrected chi connectivity index (χ2v) is 4.28. The molecule has 4 nitrogen and oxygen atoms in total. The van der Waals surface area contributed by atoms with Crippen LogP contribution in [0.4, 0.5) is 13.2 Å². The van der Waals surface area contributed by atoms with Gasteiger partial charge < -0.3 is 15.1 Å². The number of rotatable bonds is 4. The van der Waals surface area contributed by atoms with E-state index in [4.69, 9.17) is 10.2 Å². The predicted octanol–water partition coefficient (Wildman–Crippen LogP) is 2.40. The molecule has 0 aliphatic heterocycles. The van der Waals surface area contributed by atoms with Crippen molar-refractivity contribution in [3.63, 3.8) is 0 Å². The van der Waals surface area contributed by atoms with Crippen molar-refractivity contribution in [1.82, 2.24) is 4.90 Å². The highest BCUT2D eigenvalue weighted by Gasteiger charge is 2.33. The van der Waals surface area contributed by atoms with E-state index >= 15 is 0 Å². The van der Waals surface area contributed by atoms with Crippen LogP contribution < -0.4 is 5.73 Å². The molecule has 0 spiro atoms.